The second-order valence-corrected chi connectivity index (χ2v) is 7.99. The highest BCUT2D eigenvalue weighted by Crippen LogP contribution is 2.33. The van der Waals surface area contributed by atoms with Crippen LogP contribution in [0.4, 0.5) is 5.82 Å². The Hall–Kier alpha value is -3.10. The Bertz CT molecular complexity index is 1250. The molecule has 0 fully saturated rings. The van der Waals surface area contributed by atoms with Gasteiger partial charge in [0.15, 0.2) is 11.5 Å². The molecule has 146 valence electrons. The van der Waals surface area contributed by atoms with E-state index in [9.17, 15) is 4.79 Å². The van der Waals surface area contributed by atoms with Gasteiger partial charge in [0.1, 0.15) is 11.3 Å². The van der Waals surface area contributed by atoms with E-state index in [1.54, 1.807) is 10.7 Å². The van der Waals surface area contributed by atoms with Gasteiger partial charge in [0.2, 0.25) is 17.8 Å². The van der Waals surface area contributed by atoms with Gasteiger partial charge in [-0.15, -0.1) is 0 Å². The van der Waals surface area contributed by atoms with Gasteiger partial charge in [-0.05, 0) is 36.8 Å². The molecule has 1 N–H and O–H groups in total. The van der Waals surface area contributed by atoms with E-state index in [0.717, 1.165) is 21.5 Å². The highest BCUT2D eigenvalue weighted by atomic mass is 35.5. The van der Waals surface area contributed by atoms with E-state index in [2.05, 4.69) is 15.4 Å². The fraction of sp³-hybridized carbons (Fsp3) is 0.150. The first-order valence-electron chi connectivity index (χ1n) is 8.87. The number of nitrogens with one attached hydrogen (secondary N) is 1. The molecule has 0 saturated carbocycles. The van der Waals surface area contributed by atoms with Crippen LogP contribution in [0.1, 0.15) is 11.3 Å². The van der Waals surface area contributed by atoms with E-state index >= 15 is 0 Å². The number of amides is 1. The summed E-state index contributed by atoms with van der Waals surface area (Å²) in [6.07, 6.45) is 0.201. The van der Waals surface area contributed by atoms with E-state index in [0.29, 0.717) is 27.5 Å². The molecule has 4 aromatic rings. The minimum atomic E-state index is -0.163. The molecule has 9 heteroatoms. The number of carbonyl (C=O) groups is 1. The Morgan fingerprint density at radius 3 is 2.97 bits per heavy atom. The van der Waals surface area contributed by atoms with Gasteiger partial charge in [0, 0.05) is 6.07 Å². The van der Waals surface area contributed by atoms with Crippen molar-refractivity contribution >= 4 is 44.9 Å². The highest BCUT2D eigenvalue weighted by molar-refractivity contribution is 7.20. The van der Waals surface area contributed by atoms with E-state index in [1.807, 2.05) is 43.3 Å². The molecule has 0 radical (unpaired) electrons. The zero-order valence-corrected chi connectivity index (χ0v) is 16.9. The van der Waals surface area contributed by atoms with Crippen molar-refractivity contribution in [2.75, 3.05) is 12.1 Å². The Kier molecular flexibility index (Phi) is 4.37. The van der Waals surface area contributed by atoms with Gasteiger partial charge in [-0.25, -0.2) is 4.98 Å². The predicted molar refractivity (Wildman–Crippen MR) is 111 cm³/mol. The number of halogens is 1. The molecule has 5 rings (SSSR count). The molecule has 2 aromatic carbocycles. The third kappa shape index (κ3) is 3.41. The van der Waals surface area contributed by atoms with Crippen LogP contribution in [0.3, 0.4) is 0 Å². The van der Waals surface area contributed by atoms with E-state index < -0.39 is 0 Å². The lowest BCUT2D eigenvalue weighted by Crippen LogP contribution is -2.17. The molecule has 1 aliphatic rings. The van der Waals surface area contributed by atoms with Crippen LogP contribution in [0, 0.1) is 6.92 Å². The van der Waals surface area contributed by atoms with Crippen molar-refractivity contribution < 1.29 is 14.3 Å². The molecule has 0 bridgehead atoms. The summed E-state index contributed by atoms with van der Waals surface area (Å²) in [5.74, 6) is 1.74. The Balaban J connectivity index is 1.40. The summed E-state index contributed by atoms with van der Waals surface area (Å²) < 4.78 is 13.3. The second kappa shape index (κ2) is 7.06. The van der Waals surface area contributed by atoms with Crippen molar-refractivity contribution in [1.82, 2.24) is 14.8 Å². The molecule has 0 saturated heterocycles. The molecule has 0 atom stereocenters. The van der Waals surface area contributed by atoms with Gasteiger partial charge >= 0.3 is 0 Å². The number of aryl methyl sites for hydroxylation is 1. The summed E-state index contributed by atoms with van der Waals surface area (Å²) >= 11 is 7.70. The predicted octanol–water partition coefficient (Wildman–Crippen LogP) is 4.35. The number of hydrogen-bond donors (Lipinski definition) is 1. The number of para-hydroxylation sites is 1. The van der Waals surface area contributed by atoms with Crippen LogP contribution in [-0.2, 0) is 11.2 Å². The maximum atomic E-state index is 12.6. The minimum Gasteiger partial charge on any atom is -0.454 e. The molecular formula is C20H15ClN4O3S. The summed E-state index contributed by atoms with van der Waals surface area (Å²) in [4.78, 5) is 17.2. The maximum Gasteiger partial charge on any atom is 0.231 e. The van der Waals surface area contributed by atoms with Crippen molar-refractivity contribution in [2.24, 2.45) is 0 Å². The topological polar surface area (TPSA) is 78.3 Å². The average molecular weight is 427 g/mol. The number of anilines is 1. The molecule has 1 aliphatic heterocycles. The average Bonchev–Trinajstić information content (AvgIpc) is 3.39. The number of fused-ring (bicyclic) bond motifs is 2. The van der Waals surface area contributed by atoms with E-state index in [4.69, 9.17) is 21.1 Å². The maximum absolute atomic E-state index is 12.6. The first-order chi connectivity index (χ1) is 14.1. The third-order valence-corrected chi connectivity index (χ3v) is 5.74. The van der Waals surface area contributed by atoms with Crippen LogP contribution in [0.25, 0.3) is 15.3 Å². The van der Waals surface area contributed by atoms with Crippen LogP contribution in [0.15, 0.2) is 42.5 Å². The third-order valence-electron chi connectivity index (χ3n) is 4.44. The Labute approximate surface area is 174 Å². The zero-order valence-electron chi connectivity index (χ0n) is 15.3. The molecule has 0 spiro atoms. The molecule has 3 heterocycles. The van der Waals surface area contributed by atoms with Gasteiger partial charge in [0.05, 0.1) is 21.8 Å². The van der Waals surface area contributed by atoms with Crippen molar-refractivity contribution in [3.05, 3.63) is 58.7 Å². The van der Waals surface area contributed by atoms with Crippen LogP contribution < -0.4 is 14.8 Å². The number of ether oxygens (including phenoxy) is 2. The molecule has 0 unspecified atom stereocenters. The molecule has 1 amide bonds. The minimum absolute atomic E-state index is 0.163. The summed E-state index contributed by atoms with van der Waals surface area (Å²) in [7, 11) is 0. The summed E-state index contributed by atoms with van der Waals surface area (Å²) in [5, 5.41) is 8.64. The van der Waals surface area contributed by atoms with Crippen molar-refractivity contribution in [3.63, 3.8) is 0 Å². The van der Waals surface area contributed by atoms with Crippen LogP contribution in [0.2, 0.25) is 5.02 Å². The lowest BCUT2D eigenvalue weighted by atomic mass is 10.1. The Morgan fingerprint density at radius 1 is 1.24 bits per heavy atom. The first-order valence-corrected chi connectivity index (χ1v) is 10.1. The number of rotatable bonds is 4. The van der Waals surface area contributed by atoms with Crippen LogP contribution in [-0.4, -0.2) is 27.5 Å². The van der Waals surface area contributed by atoms with Crippen molar-refractivity contribution in [2.45, 2.75) is 13.3 Å². The second-order valence-electron chi connectivity index (χ2n) is 6.58. The number of benzene rings is 2. The molecule has 29 heavy (non-hydrogen) atoms. The summed E-state index contributed by atoms with van der Waals surface area (Å²) in [5.41, 5.74) is 2.33. The summed E-state index contributed by atoms with van der Waals surface area (Å²) in [6.45, 7) is 2.07. The normalized spacial score (nSPS) is 12.5. The van der Waals surface area contributed by atoms with Crippen LogP contribution >= 0.6 is 22.9 Å². The Morgan fingerprint density at radius 2 is 2.10 bits per heavy atom. The number of aromatic nitrogens is 3. The van der Waals surface area contributed by atoms with E-state index in [-0.39, 0.29) is 19.1 Å². The van der Waals surface area contributed by atoms with Crippen molar-refractivity contribution in [1.29, 1.82) is 0 Å². The SMILES string of the molecule is Cc1cc(NC(=O)Cc2ccc3c(c2)OCO3)n(-c2nc3c(Cl)cccc3s2)n1. The number of carbonyl (C=O) groups excluding carboxylic acids is 1. The van der Waals surface area contributed by atoms with Gasteiger partial charge in [0.25, 0.3) is 0 Å². The first kappa shape index (κ1) is 18.0. The lowest BCUT2D eigenvalue weighted by molar-refractivity contribution is -0.115. The largest absolute Gasteiger partial charge is 0.454 e. The highest BCUT2D eigenvalue weighted by Gasteiger charge is 2.17. The van der Waals surface area contributed by atoms with Crippen molar-refractivity contribution in [3.8, 4) is 16.6 Å². The lowest BCUT2D eigenvalue weighted by Gasteiger charge is -2.07. The van der Waals surface area contributed by atoms with E-state index in [1.165, 1.54) is 11.3 Å². The summed E-state index contributed by atoms with van der Waals surface area (Å²) in [6, 6.07) is 12.9. The van der Waals surface area contributed by atoms with Gasteiger partial charge in [-0.2, -0.15) is 9.78 Å². The standard InChI is InChI=1S/C20H15ClN4O3S/c1-11-7-17(22-18(26)9-12-5-6-14-15(8-12)28-10-27-14)25(24-11)20-23-19-13(21)3-2-4-16(19)29-20/h2-8H,9-10H2,1H3,(H,22,26). The quantitative estimate of drug-likeness (QED) is 0.524. The van der Waals surface area contributed by atoms with Crippen LogP contribution in [0.5, 0.6) is 11.5 Å². The number of hydrogen-bond acceptors (Lipinski definition) is 6. The fourth-order valence-electron chi connectivity index (χ4n) is 3.15. The number of thiazole rings is 1. The smallest absolute Gasteiger partial charge is 0.231 e. The zero-order chi connectivity index (χ0) is 20.0. The number of nitrogens with zero attached hydrogens (tertiary/aromatic N) is 3. The van der Waals surface area contributed by atoms with Gasteiger partial charge in [-0.3, -0.25) is 4.79 Å². The fourth-order valence-corrected chi connectivity index (χ4v) is 4.38. The van der Waals surface area contributed by atoms with Gasteiger partial charge < -0.3 is 14.8 Å². The molecule has 0 aliphatic carbocycles. The van der Waals surface area contributed by atoms with Gasteiger partial charge in [-0.1, -0.05) is 35.1 Å². The molecule has 7 nitrogen and oxygen atoms in total. The molecular weight excluding hydrogens is 412 g/mol. The monoisotopic (exact) mass is 426 g/mol. The molecule has 2 aromatic heterocycles.